The molecule has 1 fully saturated rings. The fourth-order valence-electron chi connectivity index (χ4n) is 6.28. The van der Waals surface area contributed by atoms with Gasteiger partial charge in [-0.15, -0.1) is 0 Å². The van der Waals surface area contributed by atoms with Gasteiger partial charge >= 0.3 is 12.3 Å². The van der Waals surface area contributed by atoms with Gasteiger partial charge in [-0.2, -0.15) is 13.2 Å². The maximum absolute atomic E-state index is 14.7. The second-order valence-corrected chi connectivity index (χ2v) is 13.5. The number of alkyl halides is 3. The number of piperidine rings is 1. The van der Waals surface area contributed by atoms with Crippen molar-refractivity contribution in [2.45, 2.75) is 90.1 Å². The van der Waals surface area contributed by atoms with E-state index in [1.165, 1.54) is 28.5 Å². The van der Waals surface area contributed by atoms with Gasteiger partial charge in [-0.1, -0.05) is 30.3 Å². The molecule has 2 aliphatic rings. The highest BCUT2D eigenvalue weighted by Gasteiger charge is 2.46. The maximum Gasteiger partial charge on any atom is 0.417 e. The third-order valence-corrected chi connectivity index (χ3v) is 8.49. The number of fused-ring (bicyclic) bond motifs is 1. The van der Waals surface area contributed by atoms with Gasteiger partial charge in [0.1, 0.15) is 11.4 Å². The van der Waals surface area contributed by atoms with Gasteiger partial charge in [0.15, 0.2) is 5.60 Å². The molecule has 0 spiro atoms. The summed E-state index contributed by atoms with van der Waals surface area (Å²) >= 11 is 0. The largest absolute Gasteiger partial charge is 0.476 e. The molecule has 2 atom stereocenters. The number of halogens is 3. The van der Waals surface area contributed by atoms with Crippen LogP contribution in [0.2, 0.25) is 0 Å². The molecule has 12 heteroatoms. The van der Waals surface area contributed by atoms with Gasteiger partial charge in [-0.3, -0.25) is 9.59 Å². The van der Waals surface area contributed by atoms with E-state index in [0.717, 1.165) is 17.7 Å². The van der Waals surface area contributed by atoms with E-state index in [4.69, 9.17) is 14.2 Å². The van der Waals surface area contributed by atoms with Crippen molar-refractivity contribution in [1.29, 1.82) is 0 Å². The number of rotatable bonds is 9. The van der Waals surface area contributed by atoms with Crippen LogP contribution in [0.1, 0.15) is 88.2 Å². The smallest absolute Gasteiger partial charge is 0.417 e. The summed E-state index contributed by atoms with van der Waals surface area (Å²) in [5.74, 6) is -1.65. The molecule has 0 aliphatic carbocycles. The Hall–Kier alpha value is -3.80. The third-order valence-electron chi connectivity index (χ3n) is 8.49. The first-order valence-electron chi connectivity index (χ1n) is 16.1. The standard InChI is InChI=1S/C35H46F3N3O6/c1-8-40(28-22-39(32(44)47-33(2,3)4)18-16-24(28)23-14-10-9-11-15-23)30(42)25-20-27-29(21-26(25)35(36,37)38)46-34(5,6)31(43)41(27)17-12-13-19-45-7/h9-11,14-15,20-21,24,28H,8,12-13,16-19,22H2,1-7H3/t24-,28+/m1/s1. The van der Waals surface area contributed by atoms with E-state index in [-0.39, 0.29) is 37.0 Å². The van der Waals surface area contributed by atoms with Crippen LogP contribution in [0.15, 0.2) is 42.5 Å². The van der Waals surface area contributed by atoms with Gasteiger partial charge in [-0.05, 0) is 78.5 Å². The molecule has 2 heterocycles. The Balaban J connectivity index is 1.80. The number of methoxy groups -OCH3 is 1. The molecule has 2 aromatic carbocycles. The summed E-state index contributed by atoms with van der Waals surface area (Å²) in [6.45, 7) is 11.2. The third kappa shape index (κ3) is 8.20. The fraction of sp³-hybridized carbons (Fsp3) is 0.571. The van der Waals surface area contributed by atoms with Crippen LogP contribution in [0.25, 0.3) is 0 Å². The molecule has 0 radical (unpaired) electrons. The Kier molecular flexibility index (Phi) is 10.8. The van der Waals surface area contributed by atoms with Crippen LogP contribution in [0, 0.1) is 0 Å². The molecule has 2 aromatic rings. The summed E-state index contributed by atoms with van der Waals surface area (Å²) in [6.07, 6.45) is -3.82. The number of anilines is 1. The van der Waals surface area contributed by atoms with Crippen molar-refractivity contribution in [3.8, 4) is 5.75 Å². The molecule has 3 amide bonds. The first-order chi connectivity index (χ1) is 22.0. The molecular formula is C35H46F3N3O6. The number of ether oxygens (including phenoxy) is 3. The number of hydrogen-bond acceptors (Lipinski definition) is 6. The number of likely N-dealkylation sites (N-methyl/N-ethyl adjacent to an activating group) is 1. The quantitative estimate of drug-likeness (QED) is 0.272. The molecule has 0 saturated carbocycles. The normalized spacial score (nSPS) is 19.6. The lowest BCUT2D eigenvalue weighted by Gasteiger charge is -2.44. The Morgan fingerprint density at radius 2 is 1.77 bits per heavy atom. The molecule has 1 saturated heterocycles. The Bertz CT molecular complexity index is 1440. The van der Waals surface area contributed by atoms with E-state index in [1.807, 2.05) is 30.3 Å². The molecule has 4 rings (SSSR count). The lowest BCUT2D eigenvalue weighted by atomic mass is 9.84. The van der Waals surface area contributed by atoms with Gasteiger partial charge in [0, 0.05) is 45.8 Å². The summed E-state index contributed by atoms with van der Waals surface area (Å²) in [4.78, 5) is 45.4. The second-order valence-electron chi connectivity index (χ2n) is 13.5. The zero-order valence-electron chi connectivity index (χ0n) is 28.3. The Labute approximate surface area is 274 Å². The lowest BCUT2D eigenvalue weighted by molar-refractivity contribution is -0.138. The number of amides is 3. The summed E-state index contributed by atoms with van der Waals surface area (Å²) in [6, 6.07) is 10.8. The minimum atomic E-state index is -4.90. The molecule has 0 unspecified atom stereocenters. The molecule has 0 N–H and O–H groups in total. The van der Waals surface area contributed by atoms with Gasteiger partial charge in [0.2, 0.25) is 0 Å². The number of carbonyl (C=O) groups is 3. The van der Waals surface area contributed by atoms with E-state index < -0.39 is 52.5 Å². The zero-order chi connectivity index (χ0) is 34.7. The molecule has 258 valence electrons. The van der Waals surface area contributed by atoms with Gasteiger partial charge in [0.05, 0.1) is 22.9 Å². The summed E-state index contributed by atoms with van der Waals surface area (Å²) < 4.78 is 60.7. The average molecular weight is 662 g/mol. The predicted octanol–water partition coefficient (Wildman–Crippen LogP) is 6.89. The van der Waals surface area contributed by atoms with Crippen molar-refractivity contribution in [3.63, 3.8) is 0 Å². The average Bonchev–Trinajstić information content (AvgIpc) is 2.99. The van der Waals surface area contributed by atoms with Crippen LogP contribution >= 0.6 is 0 Å². The molecule has 0 bridgehead atoms. The number of hydrogen-bond donors (Lipinski definition) is 0. The van der Waals surface area contributed by atoms with E-state index in [9.17, 15) is 27.6 Å². The van der Waals surface area contributed by atoms with Crippen molar-refractivity contribution in [3.05, 3.63) is 59.2 Å². The highest BCUT2D eigenvalue weighted by atomic mass is 19.4. The van der Waals surface area contributed by atoms with Crippen LogP contribution in [-0.2, 0) is 20.4 Å². The van der Waals surface area contributed by atoms with Crippen LogP contribution in [0.5, 0.6) is 5.75 Å². The number of likely N-dealkylation sites (tertiary alicyclic amines) is 1. The van der Waals surface area contributed by atoms with Crippen molar-refractivity contribution >= 4 is 23.6 Å². The predicted molar refractivity (Wildman–Crippen MR) is 172 cm³/mol. The van der Waals surface area contributed by atoms with Crippen molar-refractivity contribution < 1.29 is 41.8 Å². The summed E-state index contributed by atoms with van der Waals surface area (Å²) in [5.41, 5.74) is -2.88. The monoisotopic (exact) mass is 661 g/mol. The Morgan fingerprint density at radius 1 is 1.09 bits per heavy atom. The van der Waals surface area contributed by atoms with Gasteiger partial charge < -0.3 is 28.9 Å². The van der Waals surface area contributed by atoms with E-state index in [1.54, 1.807) is 34.8 Å². The summed E-state index contributed by atoms with van der Waals surface area (Å²) in [5, 5.41) is 0. The molecular weight excluding hydrogens is 615 g/mol. The minimum Gasteiger partial charge on any atom is -0.476 e. The van der Waals surface area contributed by atoms with E-state index in [0.29, 0.717) is 32.4 Å². The fourth-order valence-corrected chi connectivity index (χ4v) is 6.28. The van der Waals surface area contributed by atoms with Crippen LogP contribution in [0.3, 0.4) is 0 Å². The summed E-state index contributed by atoms with van der Waals surface area (Å²) in [7, 11) is 1.57. The van der Waals surface area contributed by atoms with Crippen molar-refractivity contribution in [2.75, 3.05) is 44.8 Å². The van der Waals surface area contributed by atoms with Gasteiger partial charge in [0.25, 0.3) is 11.8 Å². The molecule has 0 aromatic heterocycles. The van der Waals surface area contributed by atoms with Crippen LogP contribution in [0.4, 0.5) is 23.7 Å². The topological polar surface area (TPSA) is 88.6 Å². The number of nitrogens with zero attached hydrogens (tertiary/aromatic N) is 3. The van der Waals surface area contributed by atoms with E-state index >= 15 is 0 Å². The highest BCUT2D eigenvalue weighted by Crippen LogP contribution is 2.45. The van der Waals surface area contributed by atoms with Crippen LogP contribution < -0.4 is 9.64 Å². The Morgan fingerprint density at radius 3 is 2.36 bits per heavy atom. The first-order valence-corrected chi connectivity index (χ1v) is 16.1. The zero-order valence-corrected chi connectivity index (χ0v) is 28.3. The van der Waals surface area contributed by atoms with E-state index in [2.05, 4.69) is 0 Å². The second kappa shape index (κ2) is 14.1. The number of benzene rings is 2. The lowest BCUT2D eigenvalue weighted by Crippen LogP contribution is -2.56. The number of unbranched alkanes of at least 4 members (excludes halogenated alkanes) is 1. The first kappa shape index (κ1) is 36.0. The highest BCUT2D eigenvalue weighted by molar-refractivity contribution is 6.05. The van der Waals surface area contributed by atoms with Crippen LogP contribution in [-0.4, -0.2) is 84.8 Å². The molecule has 47 heavy (non-hydrogen) atoms. The minimum absolute atomic E-state index is 0.0712. The molecule has 2 aliphatic heterocycles. The van der Waals surface area contributed by atoms with Crippen molar-refractivity contribution in [1.82, 2.24) is 9.80 Å². The molecule has 9 nitrogen and oxygen atoms in total. The SMILES string of the molecule is CCN(C(=O)c1cc2c(cc1C(F)(F)F)OC(C)(C)C(=O)N2CCCCOC)[C@H]1CN(C(=O)OC(C)(C)C)CC[C@@H]1c1ccccc1. The number of carbonyl (C=O) groups excluding carboxylic acids is 3. The van der Waals surface area contributed by atoms with Gasteiger partial charge in [-0.25, -0.2) is 4.79 Å². The van der Waals surface area contributed by atoms with Crippen molar-refractivity contribution in [2.24, 2.45) is 0 Å². The maximum atomic E-state index is 14.7.